The molecule has 24 heavy (non-hydrogen) atoms. The Kier molecular flexibility index (Phi) is 6.23. The fourth-order valence-electron chi connectivity index (χ4n) is 2.16. The van der Waals surface area contributed by atoms with Crippen molar-refractivity contribution in [3.8, 4) is 0 Å². The molecule has 1 unspecified atom stereocenters. The maximum atomic E-state index is 12.2. The number of benzene rings is 2. The summed E-state index contributed by atoms with van der Waals surface area (Å²) in [5.74, 6) is -0.188. The zero-order valence-corrected chi connectivity index (χ0v) is 15.5. The lowest BCUT2D eigenvalue weighted by molar-refractivity contribution is -0.114. The maximum Gasteiger partial charge on any atom is 0.319 e. The molecule has 5 nitrogen and oxygen atoms in total. The zero-order valence-electron chi connectivity index (χ0n) is 13.2. The van der Waals surface area contributed by atoms with E-state index in [1.807, 2.05) is 31.2 Å². The second-order valence-corrected chi connectivity index (χ2v) is 6.48. The van der Waals surface area contributed by atoms with Crippen molar-refractivity contribution in [1.29, 1.82) is 0 Å². The van der Waals surface area contributed by atoms with Gasteiger partial charge in [0, 0.05) is 17.1 Å². The quantitative estimate of drug-likeness (QED) is 0.668. The first kappa shape index (κ1) is 18.3. The fourth-order valence-corrected chi connectivity index (χ4v) is 3.01. The highest BCUT2D eigenvalue weighted by Gasteiger charge is 2.13. The molecule has 0 bridgehead atoms. The number of rotatable bonds is 4. The predicted octanol–water partition coefficient (Wildman–Crippen LogP) is 4.94. The van der Waals surface area contributed by atoms with Crippen LogP contribution < -0.4 is 16.0 Å². The number of halogens is 2. The van der Waals surface area contributed by atoms with E-state index in [-0.39, 0.29) is 18.0 Å². The van der Waals surface area contributed by atoms with E-state index < -0.39 is 0 Å². The molecule has 2 rings (SSSR count). The van der Waals surface area contributed by atoms with E-state index in [0.29, 0.717) is 16.4 Å². The van der Waals surface area contributed by atoms with Gasteiger partial charge in [-0.25, -0.2) is 4.79 Å². The molecule has 0 aromatic heterocycles. The van der Waals surface area contributed by atoms with Gasteiger partial charge in [-0.1, -0.05) is 45.7 Å². The first-order chi connectivity index (χ1) is 11.4. The summed E-state index contributed by atoms with van der Waals surface area (Å²) in [5.41, 5.74) is 2.00. The third kappa shape index (κ3) is 4.97. The topological polar surface area (TPSA) is 70.2 Å². The van der Waals surface area contributed by atoms with Gasteiger partial charge in [0.15, 0.2) is 0 Å². The van der Waals surface area contributed by atoms with Gasteiger partial charge < -0.3 is 16.0 Å². The molecule has 0 aliphatic carbocycles. The van der Waals surface area contributed by atoms with E-state index in [4.69, 9.17) is 11.6 Å². The van der Waals surface area contributed by atoms with Crippen molar-refractivity contribution >= 4 is 50.8 Å². The summed E-state index contributed by atoms with van der Waals surface area (Å²) in [4.78, 5) is 23.2. The van der Waals surface area contributed by atoms with Crippen molar-refractivity contribution < 1.29 is 9.59 Å². The van der Waals surface area contributed by atoms with Gasteiger partial charge in [-0.2, -0.15) is 0 Å². The summed E-state index contributed by atoms with van der Waals surface area (Å²) in [7, 11) is 0. The second-order valence-electron chi connectivity index (χ2n) is 5.22. The molecular formula is C17H17BrClN3O2. The highest BCUT2D eigenvalue weighted by Crippen LogP contribution is 2.26. The SMILES string of the molecule is CC(=O)Nc1ccc(NC(=O)NC(C)c2ccccc2Br)c(Cl)c1. The Labute approximate surface area is 153 Å². The van der Waals surface area contributed by atoms with Gasteiger partial charge in [-0.3, -0.25) is 4.79 Å². The summed E-state index contributed by atoms with van der Waals surface area (Å²) >= 11 is 9.60. The van der Waals surface area contributed by atoms with Crippen molar-refractivity contribution in [3.05, 3.63) is 57.5 Å². The van der Waals surface area contributed by atoms with E-state index in [1.165, 1.54) is 6.92 Å². The Morgan fingerprint density at radius 2 is 1.83 bits per heavy atom. The van der Waals surface area contributed by atoms with E-state index in [2.05, 4.69) is 31.9 Å². The summed E-state index contributed by atoms with van der Waals surface area (Å²) in [6.07, 6.45) is 0. The normalized spacial score (nSPS) is 11.5. The van der Waals surface area contributed by atoms with Crippen molar-refractivity contribution in [2.75, 3.05) is 10.6 Å². The van der Waals surface area contributed by atoms with Crippen LogP contribution in [0.1, 0.15) is 25.5 Å². The van der Waals surface area contributed by atoms with Gasteiger partial charge >= 0.3 is 6.03 Å². The van der Waals surface area contributed by atoms with E-state index >= 15 is 0 Å². The van der Waals surface area contributed by atoms with Gasteiger partial charge in [0.1, 0.15) is 0 Å². The number of urea groups is 1. The molecule has 0 aliphatic rings. The molecule has 126 valence electrons. The van der Waals surface area contributed by atoms with E-state index in [9.17, 15) is 9.59 Å². The minimum atomic E-state index is -0.368. The van der Waals surface area contributed by atoms with Gasteiger partial charge in [0.05, 0.1) is 16.8 Å². The molecule has 2 aromatic carbocycles. The minimum Gasteiger partial charge on any atom is -0.331 e. The Morgan fingerprint density at radius 1 is 1.12 bits per heavy atom. The minimum absolute atomic E-state index is 0.182. The molecule has 3 amide bonds. The van der Waals surface area contributed by atoms with Crippen LogP contribution in [0.4, 0.5) is 16.2 Å². The Balaban J connectivity index is 2.02. The van der Waals surface area contributed by atoms with Gasteiger partial charge in [0.25, 0.3) is 0 Å². The molecule has 0 saturated carbocycles. The Morgan fingerprint density at radius 3 is 2.46 bits per heavy atom. The number of amides is 3. The molecule has 0 fully saturated rings. The van der Waals surface area contributed by atoms with E-state index in [0.717, 1.165) is 10.0 Å². The lowest BCUT2D eigenvalue weighted by Gasteiger charge is -2.17. The molecule has 1 atom stereocenters. The summed E-state index contributed by atoms with van der Waals surface area (Å²) < 4.78 is 0.926. The zero-order chi connectivity index (χ0) is 17.7. The molecule has 2 aromatic rings. The predicted molar refractivity (Wildman–Crippen MR) is 100 cm³/mol. The van der Waals surface area contributed by atoms with Gasteiger partial charge in [0.2, 0.25) is 5.91 Å². The summed E-state index contributed by atoms with van der Waals surface area (Å²) in [6, 6.07) is 12.0. The van der Waals surface area contributed by atoms with Crippen LogP contribution in [0.3, 0.4) is 0 Å². The molecule has 3 N–H and O–H groups in total. The van der Waals surface area contributed by atoms with Crippen LogP contribution in [0.5, 0.6) is 0 Å². The van der Waals surface area contributed by atoms with Crippen LogP contribution in [0.2, 0.25) is 5.02 Å². The van der Waals surface area contributed by atoms with Crippen LogP contribution in [-0.2, 0) is 4.79 Å². The molecule has 0 radical (unpaired) electrons. The highest BCUT2D eigenvalue weighted by atomic mass is 79.9. The second kappa shape index (κ2) is 8.17. The largest absolute Gasteiger partial charge is 0.331 e. The van der Waals surface area contributed by atoms with Crippen LogP contribution in [0.25, 0.3) is 0 Å². The first-order valence-electron chi connectivity index (χ1n) is 7.26. The highest BCUT2D eigenvalue weighted by molar-refractivity contribution is 9.10. The number of hydrogen-bond acceptors (Lipinski definition) is 2. The third-order valence-corrected chi connectivity index (χ3v) is 4.29. The van der Waals surface area contributed by atoms with Crippen LogP contribution in [0.15, 0.2) is 46.9 Å². The Bertz CT molecular complexity index is 767. The molecule has 0 aliphatic heterocycles. The van der Waals surface area contributed by atoms with Gasteiger partial charge in [-0.15, -0.1) is 0 Å². The van der Waals surface area contributed by atoms with Crippen molar-refractivity contribution in [2.24, 2.45) is 0 Å². The number of anilines is 2. The van der Waals surface area contributed by atoms with E-state index in [1.54, 1.807) is 18.2 Å². The summed E-state index contributed by atoms with van der Waals surface area (Å²) in [5, 5.41) is 8.52. The average Bonchev–Trinajstić information content (AvgIpc) is 2.49. The van der Waals surface area contributed by atoms with Crippen LogP contribution in [0, 0.1) is 0 Å². The van der Waals surface area contributed by atoms with Crippen LogP contribution >= 0.6 is 27.5 Å². The number of carbonyl (C=O) groups is 2. The molecular weight excluding hydrogens is 394 g/mol. The van der Waals surface area contributed by atoms with Crippen LogP contribution in [-0.4, -0.2) is 11.9 Å². The lowest BCUT2D eigenvalue weighted by atomic mass is 10.1. The van der Waals surface area contributed by atoms with Crippen molar-refractivity contribution in [3.63, 3.8) is 0 Å². The molecule has 7 heteroatoms. The Hall–Kier alpha value is -2.05. The average molecular weight is 411 g/mol. The number of carbonyl (C=O) groups excluding carboxylic acids is 2. The fraction of sp³-hybridized carbons (Fsp3) is 0.176. The third-order valence-electron chi connectivity index (χ3n) is 3.26. The lowest BCUT2D eigenvalue weighted by Crippen LogP contribution is -2.31. The summed E-state index contributed by atoms with van der Waals surface area (Å²) in [6.45, 7) is 3.30. The molecule has 0 saturated heterocycles. The molecule has 0 spiro atoms. The number of hydrogen-bond donors (Lipinski definition) is 3. The number of nitrogens with one attached hydrogen (secondary N) is 3. The maximum absolute atomic E-state index is 12.2. The molecule has 0 heterocycles. The smallest absolute Gasteiger partial charge is 0.319 e. The monoisotopic (exact) mass is 409 g/mol. The standard InChI is InChI=1S/C17H17BrClN3O2/c1-10(13-5-3-4-6-14(13)18)20-17(24)22-16-8-7-12(9-15(16)19)21-11(2)23/h3-10H,1-2H3,(H,21,23)(H2,20,22,24). The van der Waals surface area contributed by atoms with Gasteiger partial charge in [-0.05, 0) is 36.8 Å². The van der Waals surface area contributed by atoms with Crippen molar-refractivity contribution in [2.45, 2.75) is 19.9 Å². The first-order valence-corrected chi connectivity index (χ1v) is 8.43. The van der Waals surface area contributed by atoms with Crippen molar-refractivity contribution in [1.82, 2.24) is 5.32 Å².